The number of carbonyl (C=O) groups is 1. The third-order valence-electron chi connectivity index (χ3n) is 24.7. The maximum atomic E-state index is 16.8. The van der Waals surface area contributed by atoms with Crippen LogP contribution in [0.4, 0.5) is 0 Å². The van der Waals surface area contributed by atoms with Crippen molar-refractivity contribution >= 4 is 5.97 Å². The molecule has 0 amide bonds. The largest absolute Gasteiger partial charge is 0.456 e. The maximum Gasteiger partial charge on any atom is 0.315 e. The highest BCUT2D eigenvalue weighted by Gasteiger charge is 2.73. The summed E-state index contributed by atoms with van der Waals surface area (Å²) < 4.78 is 75.8. The molecule has 8 fully saturated rings. The molecule has 0 radical (unpaired) electrons. The summed E-state index contributed by atoms with van der Waals surface area (Å²) in [4.78, 5) is 20.1. The van der Waals surface area contributed by atoms with Gasteiger partial charge >= 0.3 is 5.97 Å². The SMILES string of the molecule is COC1C[C@]2(C)C(=CCC3C4(C)CC[C@H](C)[C@](C)(OC)[C@@H]4CC[C@@]32C)C2CC(C)(C)CC[C@]12C(=O)OC([C@@H]1OC(COCc2ccccc2)C(N=[N+]=[N-])C(C)C1O)[C@@H]1OC(C)[C@H](O[C@@H]2OCC(C)C(OCc3ccccc3)C2C)C2OC(C)(C)OC21. The van der Waals surface area contributed by atoms with Crippen LogP contribution >= 0.6 is 0 Å². The molecule has 0 aromatic heterocycles. The van der Waals surface area contributed by atoms with Gasteiger partial charge in [0.15, 0.2) is 18.2 Å². The van der Waals surface area contributed by atoms with Crippen molar-refractivity contribution in [1.29, 1.82) is 0 Å². The Morgan fingerprint density at radius 1 is 0.791 bits per heavy atom. The quantitative estimate of drug-likeness (QED) is 0.0550. The van der Waals surface area contributed by atoms with Crippen LogP contribution in [0.5, 0.6) is 0 Å². The number of fused-ring (bicyclic) bond motifs is 8. The monoisotopic (exact) mass is 1190 g/mol. The minimum absolute atomic E-state index is 0.0282. The molecule has 5 aliphatic carbocycles. The molecular formula is C70H103N3O13. The van der Waals surface area contributed by atoms with E-state index in [1.807, 2.05) is 83.3 Å². The van der Waals surface area contributed by atoms with E-state index in [-0.39, 0.29) is 64.3 Å². The Kier molecular flexibility index (Phi) is 18.1. The number of benzene rings is 2. The normalized spacial score (nSPS) is 46.2. The highest BCUT2D eigenvalue weighted by atomic mass is 16.8. The molecule has 86 heavy (non-hydrogen) atoms. The van der Waals surface area contributed by atoms with Gasteiger partial charge in [-0.2, -0.15) is 0 Å². The van der Waals surface area contributed by atoms with Gasteiger partial charge in [-0.1, -0.05) is 140 Å². The second-order valence-electron chi connectivity index (χ2n) is 30.3. The van der Waals surface area contributed by atoms with E-state index < -0.39 is 96.5 Å². The van der Waals surface area contributed by atoms with Crippen LogP contribution in [0.15, 0.2) is 77.4 Å². The van der Waals surface area contributed by atoms with Crippen molar-refractivity contribution in [2.24, 2.45) is 73.6 Å². The molecule has 11 rings (SSSR count). The highest BCUT2D eigenvalue weighted by molar-refractivity contribution is 5.80. The van der Waals surface area contributed by atoms with E-state index in [4.69, 9.17) is 52.1 Å². The van der Waals surface area contributed by atoms with E-state index in [9.17, 15) is 10.6 Å². The number of carbonyl (C=O) groups excluding carboxylic acids is 1. The molecule has 4 saturated carbocycles. The zero-order chi connectivity index (χ0) is 61.5. The third-order valence-corrected chi connectivity index (χ3v) is 24.7. The molecule has 4 saturated heterocycles. The molecule has 2 aromatic carbocycles. The predicted molar refractivity (Wildman–Crippen MR) is 325 cm³/mol. The summed E-state index contributed by atoms with van der Waals surface area (Å²) in [6.45, 7) is 30.1. The molecule has 15 unspecified atom stereocenters. The smallest absolute Gasteiger partial charge is 0.315 e. The van der Waals surface area contributed by atoms with E-state index in [1.165, 1.54) is 5.57 Å². The number of esters is 1. The number of azide groups is 1. The highest BCUT2D eigenvalue weighted by Crippen LogP contribution is 2.76. The van der Waals surface area contributed by atoms with Gasteiger partial charge in [0.05, 0.1) is 68.6 Å². The Hall–Kier alpha value is -3.48. The number of nitrogens with zero attached hydrogens (tertiary/aromatic N) is 3. The number of allylic oxidation sites excluding steroid dienone is 2. The summed E-state index contributed by atoms with van der Waals surface area (Å²) >= 11 is 0. The number of hydrogen-bond acceptors (Lipinski definition) is 14. The Morgan fingerprint density at radius 2 is 1.48 bits per heavy atom. The van der Waals surface area contributed by atoms with Crippen molar-refractivity contribution in [3.05, 3.63) is 93.9 Å². The number of aliphatic hydroxyl groups is 1. The van der Waals surface area contributed by atoms with Crippen molar-refractivity contribution in [2.75, 3.05) is 27.4 Å². The summed E-state index contributed by atoms with van der Waals surface area (Å²) in [5.41, 5.74) is 11.7. The topological polar surface area (TPSA) is 188 Å². The molecule has 16 heteroatoms. The lowest BCUT2D eigenvalue weighted by molar-refractivity contribution is -0.310. The second kappa shape index (κ2) is 24.3. The van der Waals surface area contributed by atoms with Crippen LogP contribution in [0.2, 0.25) is 0 Å². The third kappa shape index (κ3) is 11.0. The summed E-state index contributed by atoms with van der Waals surface area (Å²) in [5, 5.41) is 17.1. The Balaban J connectivity index is 0.958. The first kappa shape index (κ1) is 64.1. The van der Waals surface area contributed by atoms with E-state index >= 15 is 4.79 Å². The van der Waals surface area contributed by atoms with Gasteiger partial charge in [0, 0.05) is 31.0 Å². The number of aliphatic hydroxyl groups excluding tert-OH is 1. The standard InChI is InChI=1S/C70H103N3O13/c1-40-36-80-62(43(4)55(40)79-38-46-24-20-17-21-25-46)83-56-44(5)81-59(61-60(56)85-65(8,9)86-61)58(57-54(74)42(3)53(72-73-71)49(82-57)39-78-37-45-22-18-16-19-23-45)84-63(75)70-33-32-64(6,7)34-48(70)47-26-27-50-66(10)30-28-41(2)69(13,77-15)51(66)29-31-67(50,11)68(47,12)35-52(70)76-14/h16-26,40-44,48-62,74H,27-39H2,1-15H3/t40?,41-,42?,43?,44?,48?,49?,50?,51+,52?,53?,54?,55?,56-,57+,58?,59-,60?,61?,62-,66?,67-,68+,69-,70+/m0/s1. The molecule has 1 N–H and O–H groups in total. The molecule has 4 aliphatic heterocycles. The summed E-state index contributed by atoms with van der Waals surface area (Å²) in [7, 11) is 3.70. The van der Waals surface area contributed by atoms with Crippen LogP contribution < -0.4 is 0 Å². The fraction of sp³-hybridized carbons (Fsp3) is 0.786. The van der Waals surface area contributed by atoms with E-state index in [0.717, 1.165) is 56.1 Å². The van der Waals surface area contributed by atoms with Crippen LogP contribution in [0, 0.1) is 68.5 Å². The first-order valence-corrected chi connectivity index (χ1v) is 32.7. The van der Waals surface area contributed by atoms with Gasteiger partial charge in [0.2, 0.25) is 0 Å². The van der Waals surface area contributed by atoms with Crippen LogP contribution in [0.25, 0.3) is 10.4 Å². The van der Waals surface area contributed by atoms with Crippen molar-refractivity contribution in [1.82, 2.24) is 0 Å². The molecule has 9 aliphatic rings. The van der Waals surface area contributed by atoms with Crippen LogP contribution in [0.1, 0.15) is 159 Å². The van der Waals surface area contributed by atoms with Gasteiger partial charge in [0.25, 0.3) is 0 Å². The van der Waals surface area contributed by atoms with Gasteiger partial charge < -0.3 is 57.2 Å². The zero-order valence-corrected chi connectivity index (χ0v) is 54.3. The minimum atomic E-state index is -1.30. The fourth-order valence-electron chi connectivity index (χ4n) is 19.4. The van der Waals surface area contributed by atoms with Crippen molar-refractivity contribution in [3.8, 4) is 0 Å². The molecule has 16 nitrogen and oxygen atoms in total. The Bertz CT molecular complexity index is 2780. The predicted octanol–water partition coefficient (Wildman–Crippen LogP) is 12.9. The summed E-state index contributed by atoms with van der Waals surface area (Å²) in [6, 6.07) is 19.2. The molecular weight excluding hydrogens is 1090 g/mol. The Morgan fingerprint density at radius 3 is 2.15 bits per heavy atom. The lowest BCUT2D eigenvalue weighted by Gasteiger charge is -2.72. The van der Waals surface area contributed by atoms with Crippen LogP contribution in [0.3, 0.4) is 0 Å². The number of rotatable bonds is 16. The molecule has 0 bridgehead atoms. The van der Waals surface area contributed by atoms with Gasteiger partial charge in [0.1, 0.15) is 35.9 Å². The van der Waals surface area contributed by atoms with Crippen molar-refractivity contribution in [3.63, 3.8) is 0 Å². The maximum absolute atomic E-state index is 16.8. The van der Waals surface area contributed by atoms with Gasteiger partial charge in [-0.3, -0.25) is 4.79 Å². The first-order valence-electron chi connectivity index (χ1n) is 32.7. The first-order chi connectivity index (χ1) is 40.8. The average molecular weight is 1190 g/mol. The molecule has 25 atom stereocenters. The average Bonchev–Trinajstić information content (AvgIpc) is 0.760. The van der Waals surface area contributed by atoms with E-state index in [2.05, 4.69) is 90.5 Å². The van der Waals surface area contributed by atoms with Crippen LogP contribution in [-0.4, -0.2) is 129 Å². The van der Waals surface area contributed by atoms with Crippen molar-refractivity contribution in [2.45, 2.75) is 252 Å². The molecule has 4 heterocycles. The van der Waals surface area contributed by atoms with Gasteiger partial charge in [-0.05, 0) is 153 Å². The lowest BCUT2D eigenvalue weighted by Crippen LogP contribution is -2.70. The zero-order valence-electron chi connectivity index (χ0n) is 54.3. The number of ether oxygens (including phenoxy) is 11. The minimum Gasteiger partial charge on any atom is -0.456 e. The fourth-order valence-corrected chi connectivity index (χ4v) is 19.4. The second-order valence-corrected chi connectivity index (χ2v) is 30.3. The molecule has 476 valence electrons. The number of hydrogen-bond donors (Lipinski definition) is 1. The molecule has 2 aromatic rings. The van der Waals surface area contributed by atoms with Crippen LogP contribution in [-0.2, 0) is 70.1 Å². The summed E-state index contributed by atoms with van der Waals surface area (Å²) in [5.74, 6) is -1.17. The van der Waals surface area contributed by atoms with Crippen molar-refractivity contribution < 1.29 is 62.0 Å². The van der Waals surface area contributed by atoms with E-state index in [0.29, 0.717) is 43.8 Å². The summed E-state index contributed by atoms with van der Waals surface area (Å²) in [6.07, 6.45) is 0.645. The molecule has 0 spiro atoms. The number of methoxy groups -OCH3 is 2. The Labute approximate surface area is 512 Å². The lowest BCUT2D eigenvalue weighted by atomic mass is 9.33. The van der Waals surface area contributed by atoms with Gasteiger partial charge in [-0.15, -0.1) is 0 Å². The van der Waals surface area contributed by atoms with Gasteiger partial charge in [-0.25, -0.2) is 0 Å². The van der Waals surface area contributed by atoms with E-state index in [1.54, 1.807) is 7.11 Å².